The van der Waals surface area contributed by atoms with Gasteiger partial charge in [-0.05, 0) is 30.2 Å². The average molecular weight is 217 g/mol. The Morgan fingerprint density at radius 2 is 2.19 bits per heavy atom. The smallest absolute Gasteiger partial charge is 0.0895 e. The predicted octanol–water partition coefficient (Wildman–Crippen LogP) is 0.676. The van der Waals surface area contributed by atoms with Gasteiger partial charge < -0.3 is 0 Å². The van der Waals surface area contributed by atoms with Crippen molar-refractivity contribution in [3.8, 4) is 0 Å². The Labute approximate surface area is 94.3 Å². The van der Waals surface area contributed by atoms with Gasteiger partial charge in [-0.3, -0.25) is 15.5 Å². The second-order valence-corrected chi connectivity index (χ2v) is 3.71. The summed E-state index contributed by atoms with van der Waals surface area (Å²) in [5.74, 6) is 5.61. The van der Waals surface area contributed by atoms with Crippen molar-refractivity contribution in [1.29, 1.82) is 0 Å². The maximum absolute atomic E-state index is 5.61. The number of pyridine rings is 1. The van der Waals surface area contributed by atoms with Crippen LogP contribution in [0.1, 0.15) is 22.9 Å². The molecule has 0 aromatic carbocycles. The van der Waals surface area contributed by atoms with Gasteiger partial charge >= 0.3 is 0 Å². The first-order valence-corrected chi connectivity index (χ1v) is 5.08. The van der Waals surface area contributed by atoms with Gasteiger partial charge in [-0.15, -0.1) is 0 Å². The number of rotatable bonds is 3. The van der Waals surface area contributed by atoms with Crippen molar-refractivity contribution in [2.45, 2.75) is 13.0 Å². The first-order chi connectivity index (χ1) is 7.74. The molecule has 0 saturated carbocycles. The van der Waals surface area contributed by atoms with E-state index >= 15 is 0 Å². The van der Waals surface area contributed by atoms with Crippen LogP contribution in [-0.4, -0.2) is 14.8 Å². The standard InChI is InChI=1S/C11H15N5/c1-8-3-5-13-7-9(8)11(15-12)10-4-6-14-16(10)2/h3-7,11,15H,12H2,1-2H3. The van der Waals surface area contributed by atoms with E-state index in [0.29, 0.717) is 0 Å². The summed E-state index contributed by atoms with van der Waals surface area (Å²) in [7, 11) is 1.89. The molecular weight excluding hydrogens is 202 g/mol. The van der Waals surface area contributed by atoms with Crippen molar-refractivity contribution in [3.05, 3.63) is 47.5 Å². The quantitative estimate of drug-likeness (QED) is 0.586. The highest BCUT2D eigenvalue weighted by Gasteiger charge is 2.17. The Balaban J connectivity index is 2.45. The zero-order chi connectivity index (χ0) is 11.5. The second kappa shape index (κ2) is 4.42. The van der Waals surface area contributed by atoms with Gasteiger partial charge in [-0.1, -0.05) is 0 Å². The van der Waals surface area contributed by atoms with E-state index in [1.807, 2.05) is 32.3 Å². The number of hydrogen-bond donors (Lipinski definition) is 2. The molecule has 0 saturated heterocycles. The van der Waals surface area contributed by atoms with Crippen molar-refractivity contribution in [2.24, 2.45) is 12.9 Å². The molecule has 0 aliphatic heterocycles. The van der Waals surface area contributed by atoms with Crippen LogP contribution in [0.4, 0.5) is 0 Å². The molecule has 2 aromatic rings. The van der Waals surface area contributed by atoms with E-state index in [2.05, 4.69) is 15.5 Å². The minimum atomic E-state index is -0.0822. The Bertz CT molecular complexity index is 477. The molecule has 0 spiro atoms. The van der Waals surface area contributed by atoms with Gasteiger partial charge in [0.15, 0.2) is 0 Å². The van der Waals surface area contributed by atoms with E-state index in [0.717, 1.165) is 16.8 Å². The highest BCUT2D eigenvalue weighted by atomic mass is 15.3. The number of aryl methyl sites for hydroxylation is 2. The van der Waals surface area contributed by atoms with E-state index < -0.39 is 0 Å². The average Bonchev–Trinajstić information content (AvgIpc) is 2.69. The molecule has 0 aliphatic rings. The number of hydrogen-bond acceptors (Lipinski definition) is 4. The molecule has 2 rings (SSSR count). The maximum atomic E-state index is 5.61. The molecule has 0 bridgehead atoms. The van der Waals surface area contributed by atoms with Crippen LogP contribution in [0.15, 0.2) is 30.7 Å². The number of nitrogens with two attached hydrogens (primary N) is 1. The SMILES string of the molecule is Cc1ccncc1C(NN)c1ccnn1C. The van der Waals surface area contributed by atoms with Crippen molar-refractivity contribution < 1.29 is 0 Å². The molecule has 16 heavy (non-hydrogen) atoms. The lowest BCUT2D eigenvalue weighted by atomic mass is 10.0. The lowest BCUT2D eigenvalue weighted by Crippen LogP contribution is -2.31. The van der Waals surface area contributed by atoms with Gasteiger partial charge in [0.25, 0.3) is 0 Å². The van der Waals surface area contributed by atoms with Crippen molar-refractivity contribution in [2.75, 3.05) is 0 Å². The van der Waals surface area contributed by atoms with Crippen LogP contribution in [0, 0.1) is 6.92 Å². The summed E-state index contributed by atoms with van der Waals surface area (Å²) in [5.41, 5.74) is 6.03. The largest absolute Gasteiger partial charge is 0.271 e. The summed E-state index contributed by atoms with van der Waals surface area (Å²) >= 11 is 0. The van der Waals surface area contributed by atoms with Crippen LogP contribution >= 0.6 is 0 Å². The monoisotopic (exact) mass is 217 g/mol. The topological polar surface area (TPSA) is 68.8 Å². The molecule has 5 heteroatoms. The van der Waals surface area contributed by atoms with Crippen molar-refractivity contribution in [3.63, 3.8) is 0 Å². The van der Waals surface area contributed by atoms with Gasteiger partial charge in [0, 0.05) is 25.6 Å². The van der Waals surface area contributed by atoms with Crippen LogP contribution in [-0.2, 0) is 7.05 Å². The summed E-state index contributed by atoms with van der Waals surface area (Å²) in [6, 6.07) is 3.83. The normalized spacial score (nSPS) is 12.7. The molecule has 84 valence electrons. The predicted molar refractivity (Wildman–Crippen MR) is 61.3 cm³/mol. The number of hydrazine groups is 1. The lowest BCUT2D eigenvalue weighted by Gasteiger charge is -2.18. The Morgan fingerprint density at radius 3 is 2.75 bits per heavy atom. The van der Waals surface area contributed by atoms with E-state index in [1.165, 1.54) is 0 Å². The number of aromatic nitrogens is 3. The third kappa shape index (κ3) is 1.82. The van der Waals surface area contributed by atoms with Crippen LogP contribution < -0.4 is 11.3 Å². The molecule has 0 fully saturated rings. The molecule has 0 radical (unpaired) electrons. The Hall–Kier alpha value is -1.72. The molecule has 5 nitrogen and oxygen atoms in total. The fourth-order valence-electron chi connectivity index (χ4n) is 1.78. The molecule has 3 N–H and O–H groups in total. The maximum Gasteiger partial charge on any atom is 0.0895 e. The number of nitrogens with one attached hydrogen (secondary N) is 1. The summed E-state index contributed by atoms with van der Waals surface area (Å²) in [5, 5.41) is 4.14. The molecule has 2 heterocycles. The minimum Gasteiger partial charge on any atom is -0.271 e. The van der Waals surface area contributed by atoms with E-state index in [1.54, 1.807) is 17.1 Å². The summed E-state index contributed by atoms with van der Waals surface area (Å²) in [4.78, 5) is 4.13. The first kappa shape index (κ1) is 10.8. The van der Waals surface area contributed by atoms with Gasteiger partial charge in [0.05, 0.1) is 11.7 Å². The molecule has 0 amide bonds. The molecule has 1 unspecified atom stereocenters. The van der Waals surface area contributed by atoms with Gasteiger partial charge in [-0.2, -0.15) is 5.10 Å². The van der Waals surface area contributed by atoms with Crippen LogP contribution in [0.2, 0.25) is 0 Å². The van der Waals surface area contributed by atoms with Crippen LogP contribution in [0.5, 0.6) is 0 Å². The fourth-order valence-corrected chi connectivity index (χ4v) is 1.78. The van der Waals surface area contributed by atoms with Gasteiger partial charge in [-0.25, -0.2) is 5.43 Å². The second-order valence-electron chi connectivity index (χ2n) is 3.71. The fraction of sp³-hybridized carbons (Fsp3) is 0.273. The third-order valence-electron chi connectivity index (χ3n) is 2.71. The van der Waals surface area contributed by atoms with E-state index in [9.17, 15) is 0 Å². The molecular formula is C11H15N5. The zero-order valence-electron chi connectivity index (χ0n) is 9.38. The summed E-state index contributed by atoms with van der Waals surface area (Å²) in [6.07, 6.45) is 5.36. The first-order valence-electron chi connectivity index (χ1n) is 5.08. The van der Waals surface area contributed by atoms with Crippen molar-refractivity contribution >= 4 is 0 Å². The Morgan fingerprint density at radius 1 is 1.38 bits per heavy atom. The van der Waals surface area contributed by atoms with E-state index in [4.69, 9.17) is 5.84 Å². The van der Waals surface area contributed by atoms with Gasteiger partial charge in [0.2, 0.25) is 0 Å². The highest BCUT2D eigenvalue weighted by molar-refractivity contribution is 5.31. The van der Waals surface area contributed by atoms with Crippen LogP contribution in [0.3, 0.4) is 0 Å². The molecule has 2 aromatic heterocycles. The van der Waals surface area contributed by atoms with Crippen LogP contribution in [0.25, 0.3) is 0 Å². The molecule has 0 aliphatic carbocycles. The summed E-state index contributed by atoms with van der Waals surface area (Å²) < 4.78 is 1.80. The zero-order valence-corrected chi connectivity index (χ0v) is 9.38. The Kier molecular flexibility index (Phi) is 2.98. The number of nitrogens with zero attached hydrogens (tertiary/aromatic N) is 3. The summed E-state index contributed by atoms with van der Waals surface area (Å²) in [6.45, 7) is 2.04. The van der Waals surface area contributed by atoms with Gasteiger partial charge in [0.1, 0.15) is 0 Å². The molecule has 1 atom stereocenters. The van der Waals surface area contributed by atoms with Crippen molar-refractivity contribution in [1.82, 2.24) is 20.2 Å². The van der Waals surface area contributed by atoms with E-state index in [-0.39, 0.29) is 6.04 Å². The third-order valence-corrected chi connectivity index (χ3v) is 2.71. The highest BCUT2D eigenvalue weighted by Crippen LogP contribution is 2.22. The minimum absolute atomic E-state index is 0.0822. The lowest BCUT2D eigenvalue weighted by molar-refractivity contribution is 0.571.